The summed E-state index contributed by atoms with van der Waals surface area (Å²) in [6.45, 7) is 0.824. The number of carbonyl (C=O) groups excluding carboxylic acids is 1. The third-order valence-electron chi connectivity index (χ3n) is 3.94. The van der Waals surface area contributed by atoms with Crippen LogP contribution in [0, 0.1) is 11.3 Å². The van der Waals surface area contributed by atoms with E-state index in [2.05, 4.69) is 22.0 Å². The van der Waals surface area contributed by atoms with Gasteiger partial charge in [-0.3, -0.25) is 5.01 Å². The molecule has 1 heterocycles. The first-order valence-electron chi connectivity index (χ1n) is 7.92. The van der Waals surface area contributed by atoms with Crippen LogP contribution in [0.5, 0.6) is 0 Å². The number of nitriles is 1. The largest absolute Gasteiger partial charge is 0.465 e. The molecule has 0 N–H and O–H groups in total. The van der Waals surface area contributed by atoms with Crippen LogP contribution in [-0.2, 0) is 9.53 Å². The summed E-state index contributed by atoms with van der Waals surface area (Å²) in [5.41, 5.74) is 3.92. The van der Waals surface area contributed by atoms with Crippen LogP contribution in [0.4, 0.5) is 5.69 Å². The van der Waals surface area contributed by atoms with E-state index in [0.29, 0.717) is 0 Å². The molecule has 5 heteroatoms. The van der Waals surface area contributed by atoms with Gasteiger partial charge in [0, 0.05) is 13.0 Å². The van der Waals surface area contributed by atoms with Crippen LogP contribution >= 0.6 is 0 Å². The van der Waals surface area contributed by atoms with Gasteiger partial charge in [0.05, 0.1) is 18.5 Å². The smallest absolute Gasteiger partial charge is 0.348 e. The number of methoxy groups -OCH3 is 1. The van der Waals surface area contributed by atoms with Crippen LogP contribution in [0.25, 0.3) is 6.08 Å². The number of anilines is 1. The number of ether oxygens (including phenoxy) is 1. The molecule has 0 amide bonds. The highest BCUT2D eigenvalue weighted by molar-refractivity contribution is 6.02. The van der Waals surface area contributed by atoms with E-state index < -0.39 is 5.97 Å². The highest BCUT2D eigenvalue weighted by Gasteiger charge is 2.17. The topological polar surface area (TPSA) is 65.7 Å². The molecule has 1 aliphatic rings. The van der Waals surface area contributed by atoms with Crippen molar-refractivity contribution >= 4 is 23.4 Å². The SMILES string of the molecule is COC(=O)/C(C#N)=C\c1ccc(N2CCC(c3ccccc3)=N2)cc1. The summed E-state index contributed by atoms with van der Waals surface area (Å²) < 4.78 is 4.58. The van der Waals surface area contributed by atoms with Gasteiger partial charge >= 0.3 is 5.97 Å². The first-order valence-corrected chi connectivity index (χ1v) is 7.92. The number of esters is 1. The Labute approximate surface area is 146 Å². The minimum Gasteiger partial charge on any atom is -0.465 e. The van der Waals surface area contributed by atoms with E-state index in [4.69, 9.17) is 5.26 Å². The maximum atomic E-state index is 11.5. The maximum absolute atomic E-state index is 11.5. The monoisotopic (exact) mass is 331 g/mol. The van der Waals surface area contributed by atoms with Crippen LogP contribution < -0.4 is 5.01 Å². The minimum atomic E-state index is -0.636. The molecule has 0 aliphatic carbocycles. The van der Waals surface area contributed by atoms with Crippen molar-refractivity contribution in [2.45, 2.75) is 6.42 Å². The van der Waals surface area contributed by atoms with Gasteiger partial charge in [0.15, 0.2) is 0 Å². The second kappa shape index (κ2) is 7.45. The van der Waals surface area contributed by atoms with E-state index in [1.807, 2.05) is 53.5 Å². The number of hydrogen-bond donors (Lipinski definition) is 0. The molecule has 5 nitrogen and oxygen atoms in total. The zero-order valence-corrected chi connectivity index (χ0v) is 13.8. The minimum absolute atomic E-state index is 0.0270. The second-order valence-electron chi connectivity index (χ2n) is 5.54. The highest BCUT2D eigenvalue weighted by atomic mass is 16.5. The van der Waals surface area contributed by atoms with E-state index in [1.165, 1.54) is 13.2 Å². The fourth-order valence-electron chi connectivity index (χ4n) is 2.63. The van der Waals surface area contributed by atoms with E-state index in [-0.39, 0.29) is 5.57 Å². The molecule has 0 radical (unpaired) electrons. The van der Waals surface area contributed by atoms with E-state index in [1.54, 1.807) is 0 Å². The molecule has 0 bridgehead atoms. The summed E-state index contributed by atoms with van der Waals surface area (Å²) >= 11 is 0. The number of benzene rings is 2. The Morgan fingerprint density at radius 3 is 2.56 bits per heavy atom. The fourth-order valence-corrected chi connectivity index (χ4v) is 2.63. The molecule has 0 aromatic heterocycles. The number of rotatable bonds is 4. The van der Waals surface area contributed by atoms with Gasteiger partial charge in [-0.05, 0) is 29.3 Å². The third kappa shape index (κ3) is 3.75. The Morgan fingerprint density at radius 1 is 1.20 bits per heavy atom. The summed E-state index contributed by atoms with van der Waals surface area (Å²) in [5, 5.41) is 15.7. The van der Waals surface area contributed by atoms with Crippen molar-refractivity contribution in [3.05, 3.63) is 71.3 Å². The average Bonchev–Trinajstić information content (AvgIpc) is 3.17. The van der Waals surface area contributed by atoms with Gasteiger partial charge in [-0.15, -0.1) is 0 Å². The van der Waals surface area contributed by atoms with Gasteiger partial charge in [0.1, 0.15) is 11.6 Å². The van der Waals surface area contributed by atoms with Crippen LogP contribution in [0.15, 0.2) is 65.3 Å². The predicted molar refractivity (Wildman–Crippen MR) is 97.0 cm³/mol. The molecule has 0 spiro atoms. The van der Waals surface area contributed by atoms with Crippen LogP contribution in [0.1, 0.15) is 17.5 Å². The molecule has 2 aromatic carbocycles. The lowest BCUT2D eigenvalue weighted by atomic mass is 10.1. The number of carbonyl (C=O) groups is 1. The highest BCUT2D eigenvalue weighted by Crippen LogP contribution is 2.23. The molecular weight excluding hydrogens is 314 g/mol. The van der Waals surface area contributed by atoms with Crippen LogP contribution in [0.2, 0.25) is 0 Å². The van der Waals surface area contributed by atoms with Crippen molar-refractivity contribution < 1.29 is 9.53 Å². The Hall–Kier alpha value is -3.39. The lowest BCUT2D eigenvalue weighted by molar-refractivity contribution is -0.135. The first kappa shape index (κ1) is 16.5. The Morgan fingerprint density at radius 2 is 1.92 bits per heavy atom. The number of nitrogens with zero attached hydrogens (tertiary/aromatic N) is 3. The molecule has 0 fully saturated rings. The maximum Gasteiger partial charge on any atom is 0.348 e. The summed E-state index contributed by atoms with van der Waals surface area (Å²) in [5.74, 6) is -0.636. The Kier molecular flexibility index (Phi) is 4.91. The van der Waals surface area contributed by atoms with Crippen molar-refractivity contribution in [1.29, 1.82) is 5.26 Å². The van der Waals surface area contributed by atoms with Crippen molar-refractivity contribution in [2.75, 3.05) is 18.7 Å². The molecule has 0 saturated carbocycles. The van der Waals surface area contributed by atoms with Gasteiger partial charge in [-0.1, -0.05) is 42.5 Å². The van der Waals surface area contributed by atoms with Crippen molar-refractivity contribution in [2.24, 2.45) is 5.10 Å². The Bertz CT molecular complexity index is 862. The molecule has 3 rings (SSSR count). The van der Waals surface area contributed by atoms with Gasteiger partial charge in [0.2, 0.25) is 0 Å². The number of hydrogen-bond acceptors (Lipinski definition) is 5. The summed E-state index contributed by atoms with van der Waals surface area (Å²) in [6, 6.07) is 19.5. The van der Waals surface area contributed by atoms with Crippen LogP contribution in [0.3, 0.4) is 0 Å². The summed E-state index contributed by atoms with van der Waals surface area (Å²) in [6.07, 6.45) is 2.41. The van der Waals surface area contributed by atoms with Crippen molar-refractivity contribution in [3.8, 4) is 6.07 Å². The third-order valence-corrected chi connectivity index (χ3v) is 3.94. The van der Waals surface area contributed by atoms with Crippen molar-refractivity contribution in [3.63, 3.8) is 0 Å². The molecule has 0 atom stereocenters. The molecular formula is C20H17N3O2. The number of hydrazone groups is 1. The van der Waals surface area contributed by atoms with Gasteiger partial charge < -0.3 is 4.74 Å². The Balaban J connectivity index is 1.78. The molecule has 0 unspecified atom stereocenters. The van der Waals surface area contributed by atoms with Crippen LogP contribution in [-0.4, -0.2) is 25.3 Å². The fraction of sp³-hybridized carbons (Fsp3) is 0.150. The summed E-state index contributed by atoms with van der Waals surface area (Å²) in [4.78, 5) is 11.5. The lowest BCUT2D eigenvalue weighted by Gasteiger charge is -2.13. The van der Waals surface area contributed by atoms with Gasteiger partial charge in [-0.25, -0.2) is 4.79 Å². The molecule has 25 heavy (non-hydrogen) atoms. The first-order chi connectivity index (χ1) is 12.2. The molecule has 0 saturated heterocycles. The standard InChI is InChI=1S/C20H17N3O2/c1-25-20(24)17(14-21)13-15-7-9-18(10-8-15)23-12-11-19(22-23)16-5-3-2-4-6-16/h2-10,13H,11-12H2,1H3/b17-13-. The average molecular weight is 331 g/mol. The quantitative estimate of drug-likeness (QED) is 0.489. The van der Waals surface area contributed by atoms with E-state index in [9.17, 15) is 4.79 Å². The normalized spacial score (nSPS) is 14.0. The second-order valence-corrected chi connectivity index (χ2v) is 5.54. The van der Waals surface area contributed by atoms with Crippen molar-refractivity contribution in [1.82, 2.24) is 0 Å². The molecule has 1 aliphatic heterocycles. The van der Waals surface area contributed by atoms with Gasteiger partial charge in [0.25, 0.3) is 0 Å². The predicted octanol–water partition coefficient (Wildman–Crippen LogP) is 3.38. The zero-order valence-electron chi connectivity index (χ0n) is 13.8. The van der Waals surface area contributed by atoms with E-state index >= 15 is 0 Å². The lowest BCUT2D eigenvalue weighted by Crippen LogP contribution is -2.11. The summed E-state index contributed by atoms with van der Waals surface area (Å²) in [7, 11) is 1.26. The van der Waals surface area contributed by atoms with Gasteiger partial charge in [-0.2, -0.15) is 10.4 Å². The zero-order chi connectivity index (χ0) is 17.6. The molecule has 124 valence electrons. The van der Waals surface area contributed by atoms with E-state index in [0.717, 1.165) is 35.5 Å². The molecule has 2 aromatic rings.